The van der Waals surface area contributed by atoms with Gasteiger partial charge in [0, 0.05) is 18.6 Å². The maximum Gasteiger partial charge on any atom is 0.307 e. The molecule has 0 aromatic heterocycles. The molecule has 0 spiro atoms. The van der Waals surface area contributed by atoms with E-state index >= 15 is 0 Å². The standard InChI is InChI=1S/C20H33NO2/c1-15(2)18(13-19(22)23-20(5,6)7)21(16(3)4)14-17-11-9-8-10-12-17/h8-12,15-16,18H,13-14H2,1-7H3/t18-/m1/s1. The zero-order valence-electron chi connectivity index (χ0n) is 15.8. The van der Waals surface area contributed by atoms with Gasteiger partial charge in [0.2, 0.25) is 0 Å². The van der Waals surface area contributed by atoms with Crippen LogP contribution in [-0.4, -0.2) is 28.6 Å². The number of hydrogen-bond acceptors (Lipinski definition) is 3. The Labute approximate surface area is 142 Å². The van der Waals surface area contributed by atoms with Gasteiger partial charge in [0.15, 0.2) is 0 Å². The molecule has 23 heavy (non-hydrogen) atoms. The normalized spacial score (nSPS) is 13.7. The lowest BCUT2D eigenvalue weighted by atomic mass is 9.96. The first kappa shape index (κ1) is 19.7. The second kappa shape index (κ2) is 8.49. The summed E-state index contributed by atoms with van der Waals surface area (Å²) in [7, 11) is 0. The lowest BCUT2D eigenvalue weighted by molar-refractivity contribution is -0.157. The number of ether oxygens (including phenoxy) is 1. The fourth-order valence-corrected chi connectivity index (χ4v) is 2.77. The van der Waals surface area contributed by atoms with Crippen LogP contribution in [0.25, 0.3) is 0 Å². The molecule has 1 aromatic rings. The molecule has 0 N–H and O–H groups in total. The van der Waals surface area contributed by atoms with Crippen molar-refractivity contribution in [1.29, 1.82) is 0 Å². The third-order valence-corrected chi connectivity index (χ3v) is 3.86. The summed E-state index contributed by atoms with van der Waals surface area (Å²) in [4.78, 5) is 14.7. The third-order valence-electron chi connectivity index (χ3n) is 3.86. The monoisotopic (exact) mass is 319 g/mol. The molecule has 0 amide bonds. The Balaban J connectivity index is 2.87. The fourth-order valence-electron chi connectivity index (χ4n) is 2.77. The maximum atomic E-state index is 12.3. The summed E-state index contributed by atoms with van der Waals surface area (Å²) in [6.45, 7) is 15.3. The van der Waals surface area contributed by atoms with E-state index in [1.54, 1.807) is 0 Å². The molecule has 0 saturated heterocycles. The molecular formula is C20H33NO2. The zero-order valence-corrected chi connectivity index (χ0v) is 15.8. The van der Waals surface area contributed by atoms with Gasteiger partial charge in [-0.1, -0.05) is 44.2 Å². The van der Waals surface area contributed by atoms with E-state index in [1.807, 2.05) is 26.8 Å². The van der Waals surface area contributed by atoms with E-state index in [9.17, 15) is 4.79 Å². The highest BCUT2D eigenvalue weighted by atomic mass is 16.6. The Hall–Kier alpha value is -1.35. The number of benzene rings is 1. The van der Waals surface area contributed by atoms with Crippen molar-refractivity contribution < 1.29 is 9.53 Å². The minimum absolute atomic E-state index is 0.116. The Bertz CT molecular complexity index is 474. The van der Waals surface area contributed by atoms with Crippen LogP contribution in [0.15, 0.2) is 30.3 Å². The van der Waals surface area contributed by atoms with Crippen molar-refractivity contribution in [3.8, 4) is 0 Å². The first-order chi connectivity index (χ1) is 10.6. The third kappa shape index (κ3) is 7.17. The minimum Gasteiger partial charge on any atom is -0.460 e. The Morgan fingerprint density at radius 2 is 1.65 bits per heavy atom. The topological polar surface area (TPSA) is 29.5 Å². The van der Waals surface area contributed by atoms with E-state index in [0.717, 1.165) is 6.54 Å². The second-order valence-electron chi connectivity index (χ2n) is 7.85. The van der Waals surface area contributed by atoms with Crippen molar-refractivity contribution >= 4 is 5.97 Å². The van der Waals surface area contributed by atoms with Crippen molar-refractivity contribution in [2.75, 3.05) is 0 Å². The number of carbonyl (C=O) groups excluding carboxylic acids is 1. The van der Waals surface area contributed by atoms with Crippen LogP contribution in [0.4, 0.5) is 0 Å². The fraction of sp³-hybridized carbons (Fsp3) is 0.650. The smallest absolute Gasteiger partial charge is 0.307 e. The van der Waals surface area contributed by atoms with Crippen LogP contribution in [0.3, 0.4) is 0 Å². The summed E-state index contributed by atoms with van der Waals surface area (Å²) < 4.78 is 5.53. The van der Waals surface area contributed by atoms with Gasteiger partial charge in [-0.25, -0.2) is 0 Å². The highest BCUT2D eigenvalue weighted by molar-refractivity contribution is 5.70. The van der Waals surface area contributed by atoms with Crippen LogP contribution >= 0.6 is 0 Å². The van der Waals surface area contributed by atoms with E-state index in [1.165, 1.54) is 5.56 Å². The number of nitrogens with zero attached hydrogens (tertiary/aromatic N) is 1. The van der Waals surface area contributed by atoms with Crippen molar-refractivity contribution in [1.82, 2.24) is 4.90 Å². The molecule has 130 valence electrons. The molecule has 3 nitrogen and oxygen atoms in total. The van der Waals surface area contributed by atoms with Crippen molar-refractivity contribution in [2.24, 2.45) is 5.92 Å². The highest BCUT2D eigenvalue weighted by Gasteiger charge is 2.28. The van der Waals surface area contributed by atoms with Gasteiger partial charge < -0.3 is 4.74 Å². The van der Waals surface area contributed by atoms with E-state index in [0.29, 0.717) is 18.4 Å². The largest absolute Gasteiger partial charge is 0.460 e. The van der Waals surface area contributed by atoms with Crippen molar-refractivity contribution in [3.63, 3.8) is 0 Å². The number of carbonyl (C=O) groups is 1. The summed E-state index contributed by atoms with van der Waals surface area (Å²) in [5.41, 5.74) is 0.844. The summed E-state index contributed by atoms with van der Waals surface area (Å²) >= 11 is 0. The summed E-state index contributed by atoms with van der Waals surface area (Å²) in [6, 6.07) is 11.0. The summed E-state index contributed by atoms with van der Waals surface area (Å²) in [5, 5.41) is 0. The van der Waals surface area contributed by atoms with Crippen LogP contribution in [0.1, 0.15) is 60.5 Å². The SMILES string of the molecule is CC(C)[C@@H](CC(=O)OC(C)(C)C)N(Cc1ccccc1)C(C)C. The van der Waals surface area contributed by atoms with Crippen LogP contribution < -0.4 is 0 Å². The Kier molecular flexibility index (Phi) is 7.27. The quantitative estimate of drug-likeness (QED) is 0.685. The van der Waals surface area contributed by atoms with E-state index in [-0.39, 0.29) is 12.0 Å². The maximum absolute atomic E-state index is 12.3. The average Bonchev–Trinajstić information content (AvgIpc) is 2.41. The number of rotatable bonds is 7. The van der Waals surface area contributed by atoms with Gasteiger partial charge in [-0.2, -0.15) is 0 Å². The minimum atomic E-state index is -0.430. The first-order valence-electron chi connectivity index (χ1n) is 8.61. The average molecular weight is 319 g/mol. The van der Waals surface area contributed by atoms with Gasteiger partial charge in [-0.3, -0.25) is 9.69 Å². The van der Waals surface area contributed by atoms with Crippen molar-refractivity contribution in [2.45, 2.75) is 79.1 Å². The molecule has 0 bridgehead atoms. The lowest BCUT2D eigenvalue weighted by Crippen LogP contribution is -2.45. The number of hydrogen-bond donors (Lipinski definition) is 0. The molecule has 0 saturated carbocycles. The first-order valence-corrected chi connectivity index (χ1v) is 8.61. The van der Waals surface area contributed by atoms with Crippen LogP contribution in [0.2, 0.25) is 0 Å². The highest BCUT2D eigenvalue weighted by Crippen LogP contribution is 2.22. The molecule has 3 heteroatoms. The zero-order chi connectivity index (χ0) is 17.6. The van der Waals surface area contributed by atoms with Crippen LogP contribution in [0, 0.1) is 5.92 Å². The molecule has 1 rings (SSSR count). The van der Waals surface area contributed by atoms with Gasteiger partial charge >= 0.3 is 5.97 Å². The Morgan fingerprint density at radius 3 is 2.09 bits per heavy atom. The molecule has 0 unspecified atom stereocenters. The lowest BCUT2D eigenvalue weighted by Gasteiger charge is -2.37. The molecule has 0 fully saturated rings. The molecule has 0 aliphatic carbocycles. The van der Waals surface area contributed by atoms with Crippen LogP contribution in [-0.2, 0) is 16.1 Å². The molecule has 1 aromatic carbocycles. The van der Waals surface area contributed by atoms with E-state index in [4.69, 9.17) is 4.74 Å². The van der Waals surface area contributed by atoms with Gasteiger partial charge in [-0.15, -0.1) is 0 Å². The van der Waals surface area contributed by atoms with Gasteiger partial charge in [0.1, 0.15) is 5.60 Å². The second-order valence-corrected chi connectivity index (χ2v) is 7.85. The molecule has 1 atom stereocenters. The van der Waals surface area contributed by atoms with Gasteiger partial charge in [0.05, 0.1) is 6.42 Å². The molecule has 0 aliphatic rings. The molecular weight excluding hydrogens is 286 g/mol. The van der Waals surface area contributed by atoms with E-state index in [2.05, 4.69) is 56.9 Å². The predicted molar refractivity (Wildman–Crippen MR) is 96.2 cm³/mol. The van der Waals surface area contributed by atoms with Crippen LogP contribution in [0.5, 0.6) is 0 Å². The van der Waals surface area contributed by atoms with Gasteiger partial charge in [-0.05, 0) is 46.1 Å². The molecule has 0 heterocycles. The summed E-state index contributed by atoms with van der Waals surface area (Å²) in [5.74, 6) is 0.267. The Morgan fingerprint density at radius 1 is 1.09 bits per heavy atom. The number of esters is 1. The summed E-state index contributed by atoms with van der Waals surface area (Å²) in [6.07, 6.45) is 0.431. The molecule has 0 aliphatic heterocycles. The van der Waals surface area contributed by atoms with E-state index < -0.39 is 5.60 Å². The van der Waals surface area contributed by atoms with Crippen molar-refractivity contribution in [3.05, 3.63) is 35.9 Å². The van der Waals surface area contributed by atoms with Gasteiger partial charge in [0.25, 0.3) is 0 Å². The molecule has 0 radical (unpaired) electrons. The predicted octanol–water partition coefficient (Wildman–Crippen LogP) is 4.65.